The van der Waals surface area contributed by atoms with Gasteiger partial charge in [0, 0.05) is 12.7 Å². The van der Waals surface area contributed by atoms with Crippen molar-refractivity contribution in [3.8, 4) is 11.5 Å². The Morgan fingerprint density at radius 2 is 1.74 bits per heavy atom. The highest BCUT2D eigenvalue weighted by molar-refractivity contribution is 6.22. The number of hydrogen-bond donors (Lipinski definition) is 1. The van der Waals surface area contributed by atoms with Crippen LogP contribution in [0.5, 0.6) is 0 Å². The highest BCUT2D eigenvalue weighted by Gasteiger charge is 2.36. The van der Waals surface area contributed by atoms with Gasteiger partial charge in [0.05, 0.1) is 17.4 Å². The van der Waals surface area contributed by atoms with Gasteiger partial charge in [-0.3, -0.25) is 24.3 Å². The number of amides is 3. The highest BCUT2D eigenvalue weighted by atomic mass is 16.3. The first-order valence-electron chi connectivity index (χ1n) is 8.34. The Bertz CT molecular complexity index is 975. The number of carbonyl (C=O) groups is 3. The summed E-state index contributed by atoms with van der Waals surface area (Å²) >= 11 is 0. The molecule has 1 aliphatic heterocycles. The molecule has 0 spiro atoms. The summed E-state index contributed by atoms with van der Waals surface area (Å²) < 4.78 is 5.28. The lowest BCUT2D eigenvalue weighted by molar-refractivity contribution is -0.121. The number of benzene rings is 1. The fourth-order valence-corrected chi connectivity index (χ4v) is 2.88. The summed E-state index contributed by atoms with van der Waals surface area (Å²) in [5.74, 6) is -0.652. The van der Waals surface area contributed by atoms with E-state index in [2.05, 4.69) is 10.3 Å². The molecule has 0 fully saturated rings. The van der Waals surface area contributed by atoms with E-state index < -0.39 is 17.7 Å². The number of aromatic nitrogens is 1. The fourth-order valence-electron chi connectivity index (χ4n) is 2.88. The molecule has 0 saturated heterocycles. The molecule has 1 aliphatic rings. The second-order valence-electron chi connectivity index (χ2n) is 6.05. The van der Waals surface area contributed by atoms with Crippen molar-refractivity contribution in [1.29, 1.82) is 0 Å². The molecule has 0 atom stereocenters. The number of imide groups is 1. The smallest absolute Gasteiger partial charge is 0.262 e. The van der Waals surface area contributed by atoms with E-state index in [-0.39, 0.29) is 13.1 Å². The van der Waals surface area contributed by atoms with Gasteiger partial charge in [-0.1, -0.05) is 18.2 Å². The summed E-state index contributed by atoms with van der Waals surface area (Å²) in [4.78, 5) is 42.0. The predicted octanol–water partition coefficient (Wildman–Crippen LogP) is 2.25. The van der Waals surface area contributed by atoms with Crippen molar-refractivity contribution in [3.63, 3.8) is 0 Å². The number of rotatable bonds is 5. The largest absolute Gasteiger partial charge is 0.463 e. The van der Waals surface area contributed by atoms with Crippen LogP contribution in [0.2, 0.25) is 0 Å². The standard InChI is InChI=1S/C20H15N3O4/c24-18(12-23-19(25)14-4-1-2-5-15(14)20(23)26)22-11-13-7-8-16(21-10-13)17-6-3-9-27-17/h1-10H,11-12H2,(H,22,24). The van der Waals surface area contributed by atoms with Crippen LogP contribution in [0, 0.1) is 0 Å². The van der Waals surface area contributed by atoms with E-state index in [0.717, 1.165) is 10.5 Å². The third-order valence-corrected chi connectivity index (χ3v) is 4.27. The number of hydrogen-bond acceptors (Lipinski definition) is 5. The zero-order chi connectivity index (χ0) is 18.8. The van der Waals surface area contributed by atoms with Gasteiger partial charge in [-0.2, -0.15) is 0 Å². The molecule has 1 aromatic carbocycles. The van der Waals surface area contributed by atoms with Gasteiger partial charge in [0.15, 0.2) is 5.76 Å². The lowest BCUT2D eigenvalue weighted by Crippen LogP contribution is -2.40. The Morgan fingerprint density at radius 3 is 2.33 bits per heavy atom. The summed E-state index contributed by atoms with van der Waals surface area (Å²) in [5, 5.41) is 2.70. The van der Waals surface area contributed by atoms with Gasteiger partial charge in [-0.25, -0.2) is 0 Å². The summed E-state index contributed by atoms with van der Waals surface area (Å²) in [5.41, 5.74) is 2.14. The lowest BCUT2D eigenvalue weighted by Gasteiger charge is -2.13. The zero-order valence-electron chi connectivity index (χ0n) is 14.2. The van der Waals surface area contributed by atoms with Crippen LogP contribution in [0.25, 0.3) is 11.5 Å². The molecule has 1 N–H and O–H groups in total. The molecule has 0 bridgehead atoms. The second kappa shape index (κ2) is 6.87. The van der Waals surface area contributed by atoms with Crippen LogP contribution in [0.3, 0.4) is 0 Å². The lowest BCUT2D eigenvalue weighted by atomic mass is 10.1. The molecule has 4 rings (SSSR count). The average molecular weight is 361 g/mol. The number of carbonyl (C=O) groups excluding carboxylic acids is 3. The molecule has 0 saturated carbocycles. The van der Waals surface area contributed by atoms with Crippen LogP contribution in [0.1, 0.15) is 26.3 Å². The molecule has 0 aliphatic carbocycles. The Morgan fingerprint density at radius 1 is 1.00 bits per heavy atom. The number of pyridine rings is 1. The van der Waals surface area contributed by atoms with Gasteiger partial charge in [0.25, 0.3) is 11.8 Å². The normalized spacial score (nSPS) is 13.0. The molecule has 0 radical (unpaired) electrons. The Balaban J connectivity index is 1.35. The van der Waals surface area contributed by atoms with Crippen molar-refractivity contribution in [1.82, 2.24) is 15.2 Å². The maximum absolute atomic E-state index is 12.3. The Hall–Kier alpha value is -3.74. The van der Waals surface area contributed by atoms with Crippen LogP contribution in [-0.4, -0.2) is 34.2 Å². The van der Waals surface area contributed by atoms with E-state index >= 15 is 0 Å². The average Bonchev–Trinajstić information content (AvgIpc) is 3.31. The minimum Gasteiger partial charge on any atom is -0.463 e. The van der Waals surface area contributed by atoms with Crippen molar-refractivity contribution < 1.29 is 18.8 Å². The predicted molar refractivity (Wildman–Crippen MR) is 95.6 cm³/mol. The SMILES string of the molecule is O=C(CN1C(=O)c2ccccc2C1=O)NCc1ccc(-c2ccco2)nc1. The third-order valence-electron chi connectivity index (χ3n) is 4.27. The summed E-state index contributed by atoms with van der Waals surface area (Å²) in [6.45, 7) is -0.0717. The van der Waals surface area contributed by atoms with Crippen LogP contribution in [0.4, 0.5) is 0 Å². The van der Waals surface area contributed by atoms with Crippen LogP contribution in [-0.2, 0) is 11.3 Å². The first-order chi connectivity index (χ1) is 13.1. The quantitative estimate of drug-likeness (QED) is 0.704. The van der Waals surface area contributed by atoms with E-state index in [4.69, 9.17) is 4.42 Å². The van der Waals surface area contributed by atoms with E-state index in [0.29, 0.717) is 22.6 Å². The van der Waals surface area contributed by atoms with Crippen LogP contribution < -0.4 is 5.32 Å². The molecule has 3 aromatic rings. The summed E-state index contributed by atoms with van der Waals surface area (Å²) in [6.07, 6.45) is 3.21. The second-order valence-corrected chi connectivity index (χ2v) is 6.05. The number of nitrogens with one attached hydrogen (secondary N) is 1. The number of furan rings is 1. The molecule has 7 heteroatoms. The monoisotopic (exact) mass is 361 g/mol. The van der Waals surface area contributed by atoms with Crippen molar-refractivity contribution >= 4 is 17.7 Å². The van der Waals surface area contributed by atoms with E-state index in [1.807, 2.05) is 12.1 Å². The molecule has 7 nitrogen and oxygen atoms in total. The first-order valence-corrected chi connectivity index (χ1v) is 8.34. The molecular formula is C20H15N3O4. The Labute approximate surface area is 154 Å². The third kappa shape index (κ3) is 3.22. The molecular weight excluding hydrogens is 346 g/mol. The summed E-state index contributed by atoms with van der Waals surface area (Å²) in [6, 6.07) is 13.8. The maximum Gasteiger partial charge on any atom is 0.262 e. The highest BCUT2D eigenvalue weighted by Crippen LogP contribution is 2.22. The Kier molecular flexibility index (Phi) is 4.25. The van der Waals surface area contributed by atoms with Gasteiger partial charge in [-0.15, -0.1) is 0 Å². The molecule has 134 valence electrons. The topological polar surface area (TPSA) is 92.5 Å². The molecule has 2 aromatic heterocycles. The van der Waals surface area contributed by atoms with E-state index in [1.165, 1.54) is 0 Å². The van der Waals surface area contributed by atoms with Gasteiger partial charge in [-0.05, 0) is 35.9 Å². The fraction of sp³-hybridized carbons (Fsp3) is 0.100. The zero-order valence-corrected chi connectivity index (χ0v) is 14.2. The van der Waals surface area contributed by atoms with Gasteiger partial charge >= 0.3 is 0 Å². The van der Waals surface area contributed by atoms with Crippen molar-refractivity contribution in [2.45, 2.75) is 6.54 Å². The summed E-state index contributed by atoms with van der Waals surface area (Å²) in [7, 11) is 0. The van der Waals surface area contributed by atoms with Crippen LogP contribution >= 0.6 is 0 Å². The van der Waals surface area contributed by atoms with Gasteiger partial charge in [0.2, 0.25) is 5.91 Å². The van der Waals surface area contributed by atoms with E-state index in [1.54, 1.807) is 48.9 Å². The number of nitrogens with zero attached hydrogens (tertiary/aromatic N) is 2. The maximum atomic E-state index is 12.3. The number of fused-ring (bicyclic) bond motifs is 1. The van der Waals surface area contributed by atoms with E-state index in [9.17, 15) is 14.4 Å². The van der Waals surface area contributed by atoms with Crippen molar-refractivity contribution in [2.75, 3.05) is 6.54 Å². The minimum absolute atomic E-state index is 0.243. The van der Waals surface area contributed by atoms with Gasteiger partial charge < -0.3 is 9.73 Å². The minimum atomic E-state index is -0.449. The van der Waals surface area contributed by atoms with Gasteiger partial charge in [0.1, 0.15) is 12.2 Å². The van der Waals surface area contributed by atoms with Crippen molar-refractivity contribution in [3.05, 3.63) is 77.7 Å². The molecule has 0 unspecified atom stereocenters. The molecule has 3 heterocycles. The first kappa shape index (κ1) is 16.7. The molecule has 27 heavy (non-hydrogen) atoms. The molecule has 3 amide bonds. The van der Waals surface area contributed by atoms with Crippen molar-refractivity contribution in [2.24, 2.45) is 0 Å². The van der Waals surface area contributed by atoms with Crippen LogP contribution in [0.15, 0.2) is 65.4 Å².